The number of hydrogen-bond donors (Lipinski definition) is 2. The fourth-order valence-corrected chi connectivity index (χ4v) is 2.75. The molecule has 0 fully saturated rings. The number of nitrogens with zero attached hydrogens (tertiary/aromatic N) is 3. The summed E-state index contributed by atoms with van der Waals surface area (Å²) in [5.74, 6) is 2.15. The topological polar surface area (TPSA) is 75.3 Å². The van der Waals surface area contributed by atoms with E-state index in [1.165, 1.54) is 6.07 Å². The fourth-order valence-electron chi connectivity index (χ4n) is 2.42. The van der Waals surface area contributed by atoms with Crippen LogP contribution in [0.2, 0.25) is 0 Å². The molecule has 0 radical (unpaired) electrons. The maximum atomic E-state index is 13.8. The molecule has 6 nitrogen and oxygen atoms in total. The number of nitrogens with one attached hydrogen (secondary N) is 2. The van der Waals surface area contributed by atoms with Gasteiger partial charge < -0.3 is 15.2 Å². The van der Waals surface area contributed by atoms with Gasteiger partial charge in [-0.15, -0.1) is 0 Å². The molecule has 1 aromatic heterocycles. The SMILES string of the molecule is CCNC(=NCCCc1ccc(Br)cc1F)NCCc1nc(C(C)C)no1. The molecular weight excluding hydrogens is 413 g/mol. The third-order valence-electron chi connectivity index (χ3n) is 3.86. The lowest BCUT2D eigenvalue weighted by Crippen LogP contribution is -2.38. The van der Waals surface area contributed by atoms with Gasteiger partial charge in [0, 0.05) is 36.4 Å². The summed E-state index contributed by atoms with van der Waals surface area (Å²) in [4.78, 5) is 8.90. The van der Waals surface area contributed by atoms with Crippen molar-refractivity contribution in [1.82, 2.24) is 20.8 Å². The molecule has 0 saturated heterocycles. The van der Waals surface area contributed by atoms with Crippen LogP contribution < -0.4 is 10.6 Å². The zero-order valence-corrected chi connectivity index (χ0v) is 17.6. The maximum absolute atomic E-state index is 13.8. The largest absolute Gasteiger partial charge is 0.357 e. The van der Waals surface area contributed by atoms with Crippen molar-refractivity contribution in [1.29, 1.82) is 0 Å². The van der Waals surface area contributed by atoms with Gasteiger partial charge in [-0.2, -0.15) is 4.98 Å². The van der Waals surface area contributed by atoms with E-state index in [9.17, 15) is 4.39 Å². The van der Waals surface area contributed by atoms with E-state index in [0.717, 1.165) is 29.2 Å². The van der Waals surface area contributed by atoms with E-state index in [0.29, 0.717) is 37.4 Å². The lowest BCUT2D eigenvalue weighted by Gasteiger charge is -2.10. The van der Waals surface area contributed by atoms with Gasteiger partial charge in [-0.05, 0) is 37.5 Å². The Kier molecular flexibility index (Phi) is 8.71. The first kappa shape index (κ1) is 21.3. The quantitative estimate of drug-likeness (QED) is 0.352. The molecule has 0 bridgehead atoms. The van der Waals surface area contributed by atoms with E-state index < -0.39 is 0 Å². The van der Waals surface area contributed by atoms with Crippen molar-refractivity contribution < 1.29 is 8.91 Å². The van der Waals surface area contributed by atoms with Crippen LogP contribution in [0.25, 0.3) is 0 Å². The van der Waals surface area contributed by atoms with E-state index in [1.807, 2.05) is 32.9 Å². The number of hydrogen-bond acceptors (Lipinski definition) is 4. The van der Waals surface area contributed by atoms with Crippen LogP contribution in [0.4, 0.5) is 4.39 Å². The molecule has 1 heterocycles. The molecule has 0 aliphatic rings. The van der Waals surface area contributed by atoms with E-state index in [1.54, 1.807) is 0 Å². The van der Waals surface area contributed by atoms with Crippen LogP contribution in [0.3, 0.4) is 0 Å². The highest BCUT2D eigenvalue weighted by Crippen LogP contribution is 2.16. The van der Waals surface area contributed by atoms with E-state index in [-0.39, 0.29) is 11.7 Å². The Labute approximate surface area is 168 Å². The van der Waals surface area contributed by atoms with Crippen molar-refractivity contribution in [2.24, 2.45) is 4.99 Å². The molecule has 2 rings (SSSR count). The second kappa shape index (κ2) is 11.0. The van der Waals surface area contributed by atoms with Crippen LogP contribution in [0.1, 0.15) is 50.4 Å². The average molecular weight is 440 g/mol. The van der Waals surface area contributed by atoms with Gasteiger partial charge >= 0.3 is 0 Å². The highest BCUT2D eigenvalue weighted by molar-refractivity contribution is 9.10. The first-order chi connectivity index (χ1) is 13.0. The van der Waals surface area contributed by atoms with Crippen LogP contribution >= 0.6 is 15.9 Å². The zero-order valence-electron chi connectivity index (χ0n) is 16.1. The predicted octanol–water partition coefficient (Wildman–Crippen LogP) is 3.83. The molecular formula is C19H27BrFN5O. The summed E-state index contributed by atoms with van der Waals surface area (Å²) < 4.78 is 19.8. The minimum absolute atomic E-state index is 0.182. The van der Waals surface area contributed by atoms with Crippen LogP contribution in [0.15, 0.2) is 32.2 Å². The molecule has 2 aromatic rings. The van der Waals surface area contributed by atoms with E-state index >= 15 is 0 Å². The maximum Gasteiger partial charge on any atom is 0.228 e. The monoisotopic (exact) mass is 439 g/mol. The Morgan fingerprint density at radius 1 is 1.30 bits per heavy atom. The molecule has 0 unspecified atom stereocenters. The van der Waals surface area contributed by atoms with Gasteiger partial charge in [0.2, 0.25) is 5.89 Å². The molecule has 0 saturated carbocycles. The normalized spacial score (nSPS) is 11.9. The highest BCUT2D eigenvalue weighted by atomic mass is 79.9. The van der Waals surface area contributed by atoms with E-state index in [2.05, 4.69) is 41.7 Å². The molecule has 148 valence electrons. The highest BCUT2D eigenvalue weighted by Gasteiger charge is 2.09. The molecule has 2 N–H and O–H groups in total. The number of halogens is 2. The summed E-state index contributed by atoms with van der Waals surface area (Å²) in [7, 11) is 0. The third-order valence-corrected chi connectivity index (χ3v) is 4.36. The molecule has 0 aliphatic carbocycles. The summed E-state index contributed by atoms with van der Waals surface area (Å²) in [5, 5.41) is 10.4. The summed E-state index contributed by atoms with van der Waals surface area (Å²) >= 11 is 3.27. The van der Waals surface area contributed by atoms with Crippen molar-refractivity contribution >= 4 is 21.9 Å². The summed E-state index contributed by atoms with van der Waals surface area (Å²) in [6.07, 6.45) is 2.06. The number of aryl methyl sites for hydroxylation is 1. The Hall–Kier alpha value is -1.96. The zero-order chi connectivity index (χ0) is 19.6. The van der Waals surface area contributed by atoms with Crippen molar-refractivity contribution in [3.05, 3.63) is 45.8 Å². The van der Waals surface area contributed by atoms with Crippen LogP contribution in [-0.4, -0.2) is 35.7 Å². The van der Waals surface area contributed by atoms with Gasteiger partial charge in [-0.1, -0.05) is 41.0 Å². The van der Waals surface area contributed by atoms with Crippen LogP contribution in [0.5, 0.6) is 0 Å². The second-order valence-corrected chi connectivity index (χ2v) is 7.39. The van der Waals surface area contributed by atoms with Crippen molar-refractivity contribution in [3.8, 4) is 0 Å². The van der Waals surface area contributed by atoms with Gasteiger partial charge in [-0.3, -0.25) is 4.99 Å². The third kappa shape index (κ3) is 7.28. The summed E-state index contributed by atoms with van der Waals surface area (Å²) in [6.45, 7) is 8.11. The smallest absolute Gasteiger partial charge is 0.228 e. The van der Waals surface area contributed by atoms with Crippen molar-refractivity contribution in [3.63, 3.8) is 0 Å². The second-order valence-electron chi connectivity index (χ2n) is 6.48. The molecule has 27 heavy (non-hydrogen) atoms. The number of guanidine groups is 1. The Morgan fingerprint density at radius 2 is 2.11 bits per heavy atom. The molecule has 1 aromatic carbocycles. The van der Waals surface area contributed by atoms with Crippen LogP contribution in [-0.2, 0) is 12.8 Å². The predicted molar refractivity (Wildman–Crippen MR) is 108 cm³/mol. The number of benzene rings is 1. The first-order valence-corrected chi connectivity index (χ1v) is 10.1. The Balaban J connectivity index is 1.77. The molecule has 0 amide bonds. The van der Waals surface area contributed by atoms with Gasteiger partial charge in [0.25, 0.3) is 0 Å². The van der Waals surface area contributed by atoms with Gasteiger partial charge in [0.1, 0.15) is 5.82 Å². The lowest BCUT2D eigenvalue weighted by atomic mass is 10.1. The molecule has 0 spiro atoms. The number of aliphatic imine (C=N–C) groups is 1. The Bertz CT molecular complexity index is 747. The average Bonchev–Trinajstić information content (AvgIpc) is 3.09. The molecule has 0 atom stereocenters. The standard InChI is InChI=1S/C19H27BrFN5O/c1-4-22-19(24-11-9-17-25-18(13(2)3)26-27-17)23-10-5-6-14-7-8-15(20)12-16(14)21/h7-8,12-13H,4-6,9-11H2,1-3H3,(H2,22,23,24). The fraction of sp³-hybridized carbons (Fsp3) is 0.526. The number of rotatable bonds is 9. The van der Waals surface area contributed by atoms with Crippen LogP contribution in [0, 0.1) is 5.82 Å². The molecule has 0 aliphatic heterocycles. The lowest BCUT2D eigenvalue weighted by molar-refractivity contribution is 0.371. The van der Waals surface area contributed by atoms with Gasteiger partial charge in [0.05, 0.1) is 0 Å². The van der Waals surface area contributed by atoms with Crippen molar-refractivity contribution in [2.75, 3.05) is 19.6 Å². The minimum Gasteiger partial charge on any atom is -0.357 e. The minimum atomic E-state index is -0.182. The summed E-state index contributed by atoms with van der Waals surface area (Å²) in [5.41, 5.74) is 0.712. The van der Waals surface area contributed by atoms with Gasteiger partial charge in [0.15, 0.2) is 11.8 Å². The van der Waals surface area contributed by atoms with E-state index in [4.69, 9.17) is 4.52 Å². The van der Waals surface area contributed by atoms with Crippen molar-refractivity contribution in [2.45, 2.75) is 46.0 Å². The number of aromatic nitrogens is 2. The van der Waals surface area contributed by atoms with Gasteiger partial charge in [-0.25, -0.2) is 4.39 Å². The first-order valence-electron chi connectivity index (χ1n) is 9.28. The summed E-state index contributed by atoms with van der Waals surface area (Å²) in [6, 6.07) is 5.16. The Morgan fingerprint density at radius 3 is 2.78 bits per heavy atom. The molecule has 8 heteroatoms.